The third-order valence-electron chi connectivity index (χ3n) is 4.67. The summed E-state index contributed by atoms with van der Waals surface area (Å²) in [6.45, 7) is 2.56. The van der Waals surface area contributed by atoms with Crippen LogP contribution in [0.5, 0.6) is 5.75 Å². The first-order chi connectivity index (χ1) is 11.5. The largest absolute Gasteiger partial charge is 0.497 e. The Morgan fingerprint density at radius 1 is 1.21 bits per heavy atom. The number of aliphatic carboxylic acids is 1. The number of ketones is 1. The van der Waals surface area contributed by atoms with Crippen LogP contribution in [0, 0.1) is 6.92 Å². The van der Waals surface area contributed by atoms with Gasteiger partial charge in [0.05, 0.1) is 18.7 Å². The number of fused-ring (bicyclic) bond motifs is 1. The molecule has 1 N–H and O–H groups in total. The Hall–Kier alpha value is -2.56. The molecule has 1 aromatic heterocycles. The number of carboxylic acids is 1. The molecule has 1 unspecified atom stereocenters. The predicted octanol–water partition coefficient (Wildman–Crippen LogP) is 3.39. The van der Waals surface area contributed by atoms with Gasteiger partial charge in [-0.05, 0) is 55.7 Å². The van der Waals surface area contributed by atoms with E-state index in [-0.39, 0.29) is 5.78 Å². The van der Waals surface area contributed by atoms with Crippen LogP contribution in [-0.2, 0) is 11.3 Å². The second-order valence-corrected chi connectivity index (χ2v) is 6.20. The van der Waals surface area contributed by atoms with E-state index in [9.17, 15) is 14.7 Å². The van der Waals surface area contributed by atoms with E-state index in [4.69, 9.17) is 4.74 Å². The van der Waals surface area contributed by atoms with Gasteiger partial charge in [-0.3, -0.25) is 9.59 Å². The molecule has 0 fully saturated rings. The normalized spacial score (nSPS) is 17.0. The summed E-state index contributed by atoms with van der Waals surface area (Å²) in [5.74, 6) is -0.738. The maximum atomic E-state index is 13.0. The number of carbonyl (C=O) groups excluding carboxylic acids is 1. The van der Waals surface area contributed by atoms with Crippen LogP contribution in [-0.4, -0.2) is 28.5 Å². The molecule has 0 amide bonds. The second-order valence-electron chi connectivity index (χ2n) is 6.20. The van der Waals surface area contributed by atoms with E-state index in [0.717, 1.165) is 24.1 Å². The zero-order valence-electron chi connectivity index (χ0n) is 13.9. The highest BCUT2D eigenvalue weighted by molar-refractivity contribution is 6.09. The number of hydrogen-bond donors (Lipinski definition) is 1. The minimum Gasteiger partial charge on any atom is -0.497 e. The number of nitrogens with zero attached hydrogens (tertiary/aromatic N) is 1. The van der Waals surface area contributed by atoms with Crippen LogP contribution in [0.4, 0.5) is 0 Å². The summed E-state index contributed by atoms with van der Waals surface area (Å²) in [4.78, 5) is 24.6. The first-order valence-corrected chi connectivity index (χ1v) is 8.14. The fourth-order valence-electron chi connectivity index (χ4n) is 3.44. The van der Waals surface area contributed by atoms with Gasteiger partial charge in [-0.2, -0.15) is 0 Å². The van der Waals surface area contributed by atoms with E-state index in [1.807, 2.05) is 17.6 Å². The molecule has 24 heavy (non-hydrogen) atoms. The second kappa shape index (κ2) is 6.51. The van der Waals surface area contributed by atoms with Crippen molar-refractivity contribution < 1.29 is 19.4 Å². The Kier molecular flexibility index (Phi) is 4.42. The summed E-state index contributed by atoms with van der Waals surface area (Å²) in [6, 6.07) is 8.86. The Morgan fingerprint density at radius 3 is 2.54 bits per heavy atom. The van der Waals surface area contributed by atoms with E-state index in [0.29, 0.717) is 30.0 Å². The van der Waals surface area contributed by atoms with Crippen LogP contribution in [0.2, 0.25) is 0 Å². The highest BCUT2D eigenvalue weighted by atomic mass is 16.5. The highest BCUT2D eigenvalue weighted by Gasteiger charge is 2.30. The van der Waals surface area contributed by atoms with Gasteiger partial charge in [0, 0.05) is 17.8 Å². The number of benzene rings is 1. The lowest BCUT2D eigenvalue weighted by molar-refractivity contribution is -0.139. The quantitative estimate of drug-likeness (QED) is 0.874. The number of aryl methyl sites for hydroxylation is 1. The molecule has 5 nitrogen and oxygen atoms in total. The maximum Gasteiger partial charge on any atom is 0.312 e. The van der Waals surface area contributed by atoms with Gasteiger partial charge >= 0.3 is 5.97 Å². The minimum atomic E-state index is -0.820. The summed E-state index contributed by atoms with van der Waals surface area (Å²) in [5, 5.41) is 9.51. The Bertz CT molecular complexity index is 773. The summed E-state index contributed by atoms with van der Waals surface area (Å²) < 4.78 is 7.04. The molecular weight excluding hydrogens is 306 g/mol. The molecule has 1 aromatic carbocycles. The van der Waals surface area contributed by atoms with Crippen molar-refractivity contribution in [3.05, 3.63) is 52.8 Å². The minimum absolute atomic E-state index is 0.0764. The van der Waals surface area contributed by atoms with Gasteiger partial charge in [-0.25, -0.2) is 0 Å². The fraction of sp³-hybridized carbons (Fsp3) is 0.368. The third-order valence-corrected chi connectivity index (χ3v) is 4.67. The topological polar surface area (TPSA) is 68.5 Å². The number of carboxylic acid groups (broad SMARTS) is 1. The molecule has 5 heteroatoms. The van der Waals surface area contributed by atoms with Gasteiger partial charge in [-0.15, -0.1) is 0 Å². The molecule has 0 bridgehead atoms. The first kappa shape index (κ1) is 16.3. The summed E-state index contributed by atoms with van der Waals surface area (Å²) in [7, 11) is 1.58. The molecule has 0 saturated heterocycles. The van der Waals surface area contributed by atoms with E-state index in [2.05, 4.69) is 0 Å². The van der Waals surface area contributed by atoms with Crippen LogP contribution in [0.25, 0.3) is 0 Å². The Balaban J connectivity index is 2.04. The van der Waals surface area contributed by atoms with Crippen LogP contribution in [0.15, 0.2) is 30.3 Å². The number of ether oxygens (including phenoxy) is 1. The fourth-order valence-corrected chi connectivity index (χ4v) is 3.44. The standard InChI is InChI=1S/C19H21NO4/c1-12-11-16-15(19(22)23)5-3-4-10-20(16)17(12)18(21)13-6-8-14(24-2)9-7-13/h6-9,11,15H,3-5,10H2,1-2H3,(H,22,23). The van der Waals surface area contributed by atoms with Crippen molar-refractivity contribution in [3.8, 4) is 5.75 Å². The molecule has 126 valence electrons. The molecule has 1 aliphatic rings. The SMILES string of the molecule is COc1ccc(C(=O)c2c(C)cc3n2CCCCC3C(=O)O)cc1. The monoisotopic (exact) mass is 327 g/mol. The molecule has 0 radical (unpaired) electrons. The van der Waals surface area contributed by atoms with Crippen LogP contribution in [0.3, 0.4) is 0 Å². The number of rotatable bonds is 4. The lowest BCUT2D eigenvalue weighted by Gasteiger charge is -2.13. The van der Waals surface area contributed by atoms with Crippen molar-refractivity contribution in [2.75, 3.05) is 7.11 Å². The zero-order chi connectivity index (χ0) is 17.3. The van der Waals surface area contributed by atoms with Gasteiger partial charge in [0.15, 0.2) is 0 Å². The van der Waals surface area contributed by atoms with Gasteiger partial charge in [0.25, 0.3) is 0 Å². The van der Waals surface area contributed by atoms with Gasteiger partial charge < -0.3 is 14.4 Å². The smallest absolute Gasteiger partial charge is 0.312 e. The molecule has 2 aromatic rings. The van der Waals surface area contributed by atoms with Gasteiger partial charge in [-0.1, -0.05) is 6.42 Å². The lowest BCUT2D eigenvalue weighted by Crippen LogP contribution is -2.17. The highest BCUT2D eigenvalue weighted by Crippen LogP contribution is 2.32. The van der Waals surface area contributed by atoms with E-state index in [1.54, 1.807) is 31.4 Å². The van der Waals surface area contributed by atoms with Gasteiger partial charge in [0.1, 0.15) is 5.75 Å². The number of carbonyl (C=O) groups is 2. The van der Waals surface area contributed by atoms with Crippen LogP contribution in [0.1, 0.15) is 52.5 Å². The molecule has 0 aliphatic carbocycles. The van der Waals surface area contributed by atoms with E-state index >= 15 is 0 Å². The van der Waals surface area contributed by atoms with Crippen LogP contribution >= 0.6 is 0 Å². The Morgan fingerprint density at radius 2 is 1.92 bits per heavy atom. The van der Waals surface area contributed by atoms with Crippen molar-refractivity contribution in [2.24, 2.45) is 0 Å². The molecule has 1 aliphatic heterocycles. The number of methoxy groups -OCH3 is 1. The number of hydrogen-bond acceptors (Lipinski definition) is 3. The molecule has 0 spiro atoms. The molecule has 3 rings (SSSR count). The van der Waals surface area contributed by atoms with E-state index in [1.165, 1.54) is 0 Å². The maximum absolute atomic E-state index is 13.0. The van der Waals surface area contributed by atoms with Crippen molar-refractivity contribution in [1.82, 2.24) is 4.57 Å². The molecular formula is C19H21NO4. The predicted molar refractivity (Wildman–Crippen MR) is 89.8 cm³/mol. The average molecular weight is 327 g/mol. The Labute approximate surface area is 140 Å². The summed E-state index contributed by atoms with van der Waals surface area (Å²) in [5.41, 5.74) is 2.76. The van der Waals surface area contributed by atoms with Crippen molar-refractivity contribution in [1.29, 1.82) is 0 Å². The molecule has 1 atom stereocenters. The first-order valence-electron chi connectivity index (χ1n) is 8.14. The van der Waals surface area contributed by atoms with Crippen molar-refractivity contribution in [2.45, 2.75) is 38.6 Å². The molecule has 0 saturated carbocycles. The van der Waals surface area contributed by atoms with Crippen molar-refractivity contribution >= 4 is 11.8 Å². The van der Waals surface area contributed by atoms with Gasteiger partial charge in [0.2, 0.25) is 5.78 Å². The summed E-state index contributed by atoms with van der Waals surface area (Å²) in [6.07, 6.45) is 2.36. The molecule has 2 heterocycles. The lowest BCUT2D eigenvalue weighted by atomic mass is 9.99. The third kappa shape index (κ3) is 2.82. The summed E-state index contributed by atoms with van der Waals surface area (Å²) >= 11 is 0. The van der Waals surface area contributed by atoms with Crippen molar-refractivity contribution in [3.63, 3.8) is 0 Å². The number of aromatic nitrogens is 1. The van der Waals surface area contributed by atoms with Crippen LogP contribution < -0.4 is 4.74 Å². The zero-order valence-corrected chi connectivity index (χ0v) is 13.9. The average Bonchev–Trinajstić information content (AvgIpc) is 2.76. The van der Waals surface area contributed by atoms with E-state index < -0.39 is 11.9 Å².